The molecule has 119 valence electrons. The fraction of sp³-hybridized carbons (Fsp3) is 0.400. The molecule has 0 unspecified atom stereocenters. The molecular weight excluding hydrogens is 326 g/mol. The van der Waals surface area contributed by atoms with Crippen LogP contribution in [-0.2, 0) is 29.3 Å². The van der Waals surface area contributed by atoms with E-state index in [1.54, 1.807) is 0 Å². The Balaban J connectivity index is 3.02. The molecule has 0 amide bonds. The highest BCUT2D eigenvalue weighted by Crippen LogP contribution is 2.28. The summed E-state index contributed by atoms with van der Waals surface area (Å²) in [5.41, 5.74) is 3.83. The first-order valence-corrected chi connectivity index (χ1v) is 8.48. The lowest BCUT2D eigenvalue weighted by molar-refractivity contribution is 0.125. The van der Waals surface area contributed by atoms with Gasteiger partial charge in [0.15, 0.2) is 9.84 Å². The predicted octanol–water partition coefficient (Wildman–Crippen LogP) is 0.0856. The molecule has 1 N–H and O–H groups in total. The molecule has 21 heavy (non-hydrogen) atoms. The average molecular weight is 340 g/mol. The Labute approximate surface area is 122 Å². The minimum Gasteiger partial charge on any atom is -0.495 e. The number of rotatable bonds is 8. The number of methoxy groups -OCH3 is 1. The molecule has 0 saturated heterocycles. The molecule has 9 nitrogen and oxygen atoms in total. The average Bonchev–Trinajstić information content (AvgIpc) is 2.37. The molecular formula is C10H14NO8S2. The fourth-order valence-electron chi connectivity index (χ4n) is 1.43. The van der Waals surface area contributed by atoms with E-state index in [2.05, 4.69) is 14.5 Å². The van der Waals surface area contributed by atoms with Crippen LogP contribution in [0.4, 0.5) is 5.69 Å². The third-order valence-electron chi connectivity index (χ3n) is 2.26. The molecule has 0 aliphatic rings. The Hall–Kier alpha value is -1.40. The molecule has 1 aromatic rings. The summed E-state index contributed by atoms with van der Waals surface area (Å²) in [5.74, 6) is -0.600. The van der Waals surface area contributed by atoms with Crippen molar-refractivity contribution in [1.82, 2.24) is 5.48 Å². The van der Waals surface area contributed by atoms with E-state index in [4.69, 9.17) is 9.29 Å². The molecule has 0 aliphatic carbocycles. The molecule has 0 aromatic heterocycles. The number of benzene rings is 1. The van der Waals surface area contributed by atoms with E-state index in [0.717, 1.165) is 0 Å². The Morgan fingerprint density at radius 3 is 2.38 bits per heavy atom. The number of nitrogens with zero attached hydrogens (tertiary/aromatic N) is 1. The van der Waals surface area contributed by atoms with Gasteiger partial charge in [-0.1, -0.05) is 0 Å². The molecule has 0 atom stereocenters. The first-order valence-electron chi connectivity index (χ1n) is 5.46. The SMILES string of the molecule is CO[N]c1ccc(OC)c(S(=O)(=O)CCOS(=O)(=O)O)c1. The van der Waals surface area contributed by atoms with Crippen LogP contribution < -0.4 is 10.2 Å². The summed E-state index contributed by atoms with van der Waals surface area (Å²) < 4.78 is 62.4. The van der Waals surface area contributed by atoms with E-state index in [-0.39, 0.29) is 16.3 Å². The van der Waals surface area contributed by atoms with Crippen LogP contribution in [0.15, 0.2) is 23.1 Å². The van der Waals surface area contributed by atoms with Gasteiger partial charge >= 0.3 is 10.4 Å². The molecule has 0 aliphatic heterocycles. The van der Waals surface area contributed by atoms with E-state index >= 15 is 0 Å². The zero-order valence-electron chi connectivity index (χ0n) is 11.2. The summed E-state index contributed by atoms with van der Waals surface area (Å²) in [5, 5.41) is 0. The van der Waals surface area contributed by atoms with Crippen molar-refractivity contribution in [2.45, 2.75) is 4.90 Å². The molecule has 0 heterocycles. The highest BCUT2D eigenvalue weighted by molar-refractivity contribution is 7.91. The van der Waals surface area contributed by atoms with Crippen LogP contribution in [0.5, 0.6) is 5.75 Å². The molecule has 11 heteroatoms. The summed E-state index contributed by atoms with van der Waals surface area (Å²) in [7, 11) is -6.01. The van der Waals surface area contributed by atoms with Gasteiger partial charge < -0.3 is 4.74 Å². The van der Waals surface area contributed by atoms with Crippen molar-refractivity contribution in [2.75, 3.05) is 26.6 Å². The third kappa shape index (κ3) is 5.47. The smallest absolute Gasteiger partial charge is 0.397 e. The van der Waals surface area contributed by atoms with Crippen LogP contribution in [0.2, 0.25) is 0 Å². The lowest BCUT2D eigenvalue weighted by Crippen LogP contribution is -2.16. The summed E-state index contributed by atoms with van der Waals surface area (Å²) in [6, 6.07) is 4.08. The molecule has 0 spiro atoms. The Morgan fingerprint density at radius 1 is 1.19 bits per heavy atom. The minimum absolute atomic E-state index is 0.0666. The zero-order chi connectivity index (χ0) is 16.1. The second-order valence-corrected chi connectivity index (χ2v) is 6.85. The van der Waals surface area contributed by atoms with E-state index in [0.29, 0.717) is 0 Å². The standard InChI is InChI=1S/C10H14NO8S2/c1-17-9-4-3-8(11-18-2)7-10(9)20(12,13)6-5-19-21(14,15)16/h3-4,7H,5-6H2,1-2H3,(H,14,15,16). The maximum atomic E-state index is 12.1. The van der Waals surface area contributed by atoms with Crippen molar-refractivity contribution in [2.24, 2.45) is 0 Å². The molecule has 0 bridgehead atoms. The van der Waals surface area contributed by atoms with Gasteiger partial charge in [-0.2, -0.15) is 8.42 Å². The summed E-state index contributed by atoms with van der Waals surface area (Å²) >= 11 is 0. The van der Waals surface area contributed by atoms with Gasteiger partial charge in [0.05, 0.1) is 32.3 Å². The van der Waals surface area contributed by atoms with E-state index in [1.807, 2.05) is 0 Å². The number of ether oxygens (including phenoxy) is 1. The predicted molar refractivity (Wildman–Crippen MR) is 71.4 cm³/mol. The number of sulfone groups is 1. The highest BCUT2D eigenvalue weighted by atomic mass is 32.3. The van der Waals surface area contributed by atoms with Gasteiger partial charge in [-0.25, -0.2) is 12.6 Å². The van der Waals surface area contributed by atoms with Gasteiger partial charge in [-0.05, 0) is 18.2 Å². The van der Waals surface area contributed by atoms with Crippen LogP contribution in [0.1, 0.15) is 0 Å². The topological polar surface area (TPSA) is 130 Å². The molecule has 1 rings (SSSR count). The quantitative estimate of drug-likeness (QED) is 0.520. The van der Waals surface area contributed by atoms with Crippen LogP contribution in [0.3, 0.4) is 0 Å². The van der Waals surface area contributed by atoms with Gasteiger partial charge in [0, 0.05) is 0 Å². The van der Waals surface area contributed by atoms with Gasteiger partial charge in [-0.3, -0.25) is 9.39 Å². The second kappa shape index (κ2) is 7.04. The monoisotopic (exact) mass is 340 g/mol. The van der Waals surface area contributed by atoms with Crippen LogP contribution in [0.25, 0.3) is 0 Å². The van der Waals surface area contributed by atoms with Crippen molar-refractivity contribution in [3.05, 3.63) is 18.2 Å². The summed E-state index contributed by atoms with van der Waals surface area (Å²) in [6.45, 7) is -0.726. The lowest BCUT2D eigenvalue weighted by Gasteiger charge is -2.10. The van der Waals surface area contributed by atoms with Gasteiger partial charge in [-0.15, -0.1) is 5.48 Å². The van der Waals surface area contributed by atoms with E-state index in [1.165, 1.54) is 32.4 Å². The van der Waals surface area contributed by atoms with Crippen molar-refractivity contribution in [3.63, 3.8) is 0 Å². The molecule has 0 fully saturated rings. The van der Waals surface area contributed by atoms with Crippen molar-refractivity contribution in [1.29, 1.82) is 0 Å². The molecule has 0 saturated carbocycles. The van der Waals surface area contributed by atoms with Gasteiger partial charge in [0.2, 0.25) is 0 Å². The number of hydrogen-bond donors (Lipinski definition) is 1. The fourth-order valence-corrected chi connectivity index (χ4v) is 3.11. The second-order valence-electron chi connectivity index (χ2n) is 3.68. The summed E-state index contributed by atoms with van der Waals surface area (Å²) in [4.78, 5) is 4.35. The van der Waals surface area contributed by atoms with Crippen molar-refractivity contribution in [3.8, 4) is 5.75 Å². The zero-order valence-corrected chi connectivity index (χ0v) is 12.8. The van der Waals surface area contributed by atoms with E-state index < -0.39 is 32.6 Å². The normalized spacial score (nSPS) is 12.1. The molecule has 1 aromatic carbocycles. The first-order chi connectivity index (χ1) is 9.69. The highest BCUT2D eigenvalue weighted by Gasteiger charge is 2.21. The van der Waals surface area contributed by atoms with Gasteiger partial charge in [0.1, 0.15) is 10.6 Å². The largest absolute Gasteiger partial charge is 0.495 e. The third-order valence-corrected chi connectivity index (χ3v) is 4.42. The van der Waals surface area contributed by atoms with Crippen molar-refractivity contribution < 1.29 is 35.1 Å². The first kappa shape index (κ1) is 17.7. The minimum atomic E-state index is -4.70. The summed E-state index contributed by atoms with van der Waals surface area (Å²) in [6.07, 6.45) is 0. The van der Waals surface area contributed by atoms with Crippen LogP contribution in [-0.4, -0.2) is 48.0 Å². The van der Waals surface area contributed by atoms with Crippen LogP contribution >= 0.6 is 0 Å². The van der Waals surface area contributed by atoms with Gasteiger partial charge in [0.25, 0.3) is 0 Å². The van der Waals surface area contributed by atoms with Crippen molar-refractivity contribution >= 4 is 25.9 Å². The Kier molecular flexibility index (Phi) is 5.92. The Bertz CT molecular complexity index is 683. The number of hydrogen-bond acceptors (Lipinski definition) is 7. The molecule has 1 radical (unpaired) electrons. The maximum Gasteiger partial charge on any atom is 0.397 e. The van der Waals surface area contributed by atoms with Crippen LogP contribution in [0, 0.1) is 0 Å². The Morgan fingerprint density at radius 2 is 1.86 bits per heavy atom. The van der Waals surface area contributed by atoms with E-state index in [9.17, 15) is 16.8 Å². The lowest BCUT2D eigenvalue weighted by atomic mass is 10.3. The maximum absolute atomic E-state index is 12.1.